The number of aliphatic hydroxyl groups is 3. The van der Waals surface area contributed by atoms with E-state index in [1.54, 1.807) is 23.6 Å². The molecule has 2 aromatic heterocycles. The van der Waals surface area contributed by atoms with E-state index in [4.69, 9.17) is 14.7 Å². The van der Waals surface area contributed by atoms with E-state index in [1.165, 1.54) is 5.56 Å². The largest absolute Gasteiger partial charge is 0.496 e. The predicted molar refractivity (Wildman–Crippen MR) is 137 cm³/mol. The summed E-state index contributed by atoms with van der Waals surface area (Å²) in [6.07, 6.45) is 0.948. The van der Waals surface area contributed by atoms with Crippen LogP contribution in [0.3, 0.4) is 0 Å². The Morgan fingerprint density at radius 2 is 2.03 bits per heavy atom. The summed E-state index contributed by atoms with van der Waals surface area (Å²) in [5.74, 6) is 2.54. The number of hydrogen-bond donors (Lipinski definition) is 4. The molecule has 0 saturated heterocycles. The first-order chi connectivity index (χ1) is 17.4. The van der Waals surface area contributed by atoms with Crippen molar-refractivity contribution < 1.29 is 20.1 Å². The zero-order chi connectivity index (χ0) is 25.4. The molecule has 5 rings (SSSR count). The monoisotopic (exact) mass is 514 g/mol. The van der Waals surface area contributed by atoms with Crippen LogP contribution in [0.2, 0.25) is 0 Å². The maximum Gasteiger partial charge on any atom is 0.191 e. The summed E-state index contributed by atoms with van der Waals surface area (Å²) in [6.45, 7) is 4.11. The molecule has 3 aromatic rings. The third-order valence-electron chi connectivity index (χ3n) is 7.30. The fraction of sp³-hybridized carbons (Fsp3) is 0.600. The van der Waals surface area contributed by atoms with Crippen LogP contribution in [0.1, 0.15) is 55.7 Å². The van der Waals surface area contributed by atoms with Crippen LogP contribution in [0.5, 0.6) is 5.75 Å². The van der Waals surface area contributed by atoms with E-state index in [1.807, 2.05) is 6.92 Å². The molecule has 2 aliphatic rings. The predicted octanol–water partition coefficient (Wildman–Crippen LogP) is 2.67. The SMILES string of the molecule is CCCSc1nc(NC2CC2c2ccc(C)c(OC)c2)c2nnn([C@@H]3C[C@H](CCO)[C@@H](O)[C@H]3O)c2n1. The first-order valence-corrected chi connectivity index (χ1v) is 13.6. The zero-order valence-corrected chi connectivity index (χ0v) is 21.6. The standard InChI is InChI=1S/C25H34N6O4S/c1-4-9-36-25-27-23(26-17-12-16(17)14-6-5-13(2)19(11-14)35-3)20-24(28-25)31(30-29-20)18-10-15(7-8-32)21(33)22(18)34/h5-6,11,15-18,21-22,32-34H,4,7-10,12H2,1-3H3,(H,26,27,28)/t15-,16?,17?,18+,21+,22-/m0/s1. The normalized spacial score (nSPS) is 27.5. The molecule has 0 bridgehead atoms. The third kappa shape index (κ3) is 4.77. The Morgan fingerprint density at radius 3 is 2.78 bits per heavy atom. The molecule has 0 amide bonds. The van der Waals surface area contributed by atoms with Gasteiger partial charge >= 0.3 is 0 Å². The average molecular weight is 515 g/mol. The van der Waals surface area contributed by atoms with Gasteiger partial charge in [-0.05, 0) is 55.7 Å². The molecule has 2 unspecified atom stereocenters. The number of thioether (sulfide) groups is 1. The van der Waals surface area contributed by atoms with Crippen molar-refractivity contribution in [2.75, 3.05) is 24.8 Å². The highest BCUT2D eigenvalue weighted by atomic mass is 32.2. The van der Waals surface area contributed by atoms with Gasteiger partial charge in [0.1, 0.15) is 11.9 Å². The molecule has 10 nitrogen and oxygen atoms in total. The van der Waals surface area contributed by atoms with Gasteiger partial charge in [-0.2, -0.15) is 0 Å². The van der Waals surface area contributed by atoms with Crippen molar-refractivity contribution in [3.05, 3.63) is 29.3 Å². The molecule has 2 saturated carbocycles. The van der Waals surface area contributed by atoms with E-state index in [0.717, 1.165) is 29.9 Å². The summed E-state index contributed by atoms with van der Waals surface area (Å²) in [5.41, 5.74) is 3.43. The minimum Gasteiger partial charge on any atom is -0.496 e. The smallest absolute Gasteiger partial charge is 0.191 e. The van der Waals surface area contributed by atoms with Gasteiger partial charge in [-0.15, -0.1) is 5.10 Å². The number of aliphatic hydroxyl groups excluding tert-OH is 3. The van der Waals surface area contributed by atoms with Crippen molar-refractivity contribution in [2.45, 2.75) is 74.9 Å². The number of nitrogens with zero attached hydrogens (tertiary/aromatic N) is 5. The molecule has 194 valence electrons. The van der Waals surface area contributed by atoms with Gasteiger partial charge in [0.2, 0.25) is 0 Å². The zero-order valence-electron chi connectivity index (χ0n) is 20.8. The summed E-state index contributed by atoms with van der Waals surface area (Å²) < 4.78 is 7.13. The topological polar surface area (TPSA) is 138 Å². The number of aromatic nitrogens is 5. The van der Waals surface area contributed by atoms with Gasteiger partial charge in [-0.3, -0.25) is 0 Å². The van der Waals surface area contributed by atoms with Crippen molar-refractivity contribution in [2.24, 2.45) is 5.92 Å². The Hall–Kier alpha value is -2.47. The summed E-state index contributed by atoms with van der Waals surface area (Å²) >= 11 is 1.57. The minimum absolute atomic E-state index is 0.0390. The number of hydrogen-bond acceptors (Lipinski definition) is 10. The number of nitrogens with one attached hydrogen (secondary N) is 1. The van der Waals surface area contributed by atoms with Gasteiger partial charge in [-0.1, -0.05) is 36.0 Å². The van der Waals surface area contributed by atoms with Gasteiger partial charge in [-0.25, -0.2) is 14.6 Å². The van der Waals surface area contributed by atoms with Gasteiger partial charge in [0.25, 0.3) is 0 Å². The lowest BCUT2D eigenvalue weighted by atomic mass is 10.0. The van der Waals surface area contributed by atoms with Crippen LogP contribution in [0.4, 0.5) is 5.82 Å². The Balaban J connectivity index is 1.43. The third-order valence-corrected chi connectivity index (χ3v) is 8.35. The molecule has 0 aliphatic heterocycles. The first-order valence-electron chi connectivity index (χ1n) is 12.6. The van der Waals surface area contributed by atoms with Crippen LogP contribution in [0.15, 0.2) is 23.4 Å². The molecule has 0 radical (unpaired) electrons. The number of benzene rings is 1. The fourth-order valence-electron chi connectivity index (χ4n) is 5.15. The number of methoxy groups -OCH3 is 1. The summed E-state index contributed by atoms with van der Waals surface area (Å²) in [4.78, 5) is 9.50. The highest BCUT2D eigenvalue weighted by molar-refractivity contribution is 7.99. The van der Waals surface area contributed by atoms with E-state index in [-0.39, 0.29) is 18.6 Å². The molecule has 2 aliphatic carbocycles. The van der Waals surface area contributed by atoms with Crippen LogP contribution in [-0.2, 0) is 0 Å². The van der Waals surface area contributed by atoms with E-state index in [9.17, 15) is 15.3 Å². The van der Waals surface area contributed by atoms with Crippen LogP contribution < -0.4 is 10.1 Å². The lowest BCUT2D eigenvalue weighted by Gasteiger charge is -2.17. The van der Waals surface area contributed by atoms with Crippen LogP contribution in [0, 0.1) is 12.8 Å². The quantitative estimate of drug-likeness (QED) is 0.236. The fourth-order valence-corrected chi connectivity index (χ4v) is 5.85. The Labute approximate surface area is 214 Å². The minimum atomic E-state index is -1.01. The van der Waals surface area contributed by atoms with Crippen LogP contribution in [-0.4, -0.2) is 78.0 Å². The number of ether oxygens (including phenoxy) is 1. The van der Waals surface area contributed by atoms with Crippen LogP contribution in [0.25, 0.3) is 11.2 Å². The molecule has 6 atom stereocenters. The van der Waals surface area contributed by atoms with Crippen molar-refractivity contribution >= 4 is 28.7 Å². The molecule has 36 heavy (non-hydrogen) atoms. The molecule has 2 heterocycles. The second-order valence-corrected chi connectivity index (χ2v) is 10.9. The van der Waals surface area contributed by atoms with Crippen molar-refractivity contribution in [1.29, 1.82) is 0 Å². The Morgan fingerprint density at radius 1 is 1.19 bits per heavy atom. The molecule has 2 fully saturated rings. The molecular formula is C25H34N6O4S. The summed E-state index contributed by atoms with van der Waals surface area (Å²) in [5, 5.41) is 43.5. The van der Waals surface area contributed by atoms with E-state index in [2.05, 4.69) is 40.8 Å². The number of fused-ring (bicyclic) bond motifs is 1. The maximum absolute atomic E-state index is 10.7. The maximum atomic E-state index is 10.7. The lowest BCUT2D eigenvalue weighted by Crippen LogP contribution is -2.30. The Kier molecular flexibility index (Phi) is 7.34. The first kappa shape index (κ1) is 25.2. The highest BCUT2D eigenvalue weighted by Crippen LogP contribution is 2.45. The van der Waals surface area contributed by atoms with Crippen molar-refractivity contribution in [3.8, 4) is 5.75 Å². The molecular weight excluding hydrogens is 480 g/mol. The Bertz CT molecular complexity index is 1220. The molecule has 4 N–H and O–H groups in total. The second-order valence-electron chi connectivity index (χ2n) is 9.79. The van der Waals surface area contributed by atoms with E-state index < -0.39 is 18.2 Å². The number of rotatable bonds is 10. The lowest BCUT2D eigenvalue weighted by molar-refractivity contribution is 0.00107. The molecule has 11 heteroatoms. The average Bonchev–Trinajstić information content (AvgIpc) is 3.42. The van der Waals surface area contributed by atoms with Gasteiger partial charge < -0.3 is 25.4 Å². The molecule has 1 aromatic carbocycles. The van der Waals surface area contributed by atoms with Crippen molar-refractivity contribution in [1.82, 2.24) is 25.0 Å². The van der Waals surface area contributed by atoms with Gasteiger partial charge in [0, 0.05) is 24.3 Å². The highest BCUT2D eigenvalue weighted by Gasteiger charge is 2.44. The van der Waals surface area contributed by atoms with Crippen LogP contribution >= 0.6 is 11.8 Å². The molecule has 0 spiro atoms. The van der Waals surface area contributed by atoms with Gasteiger partial charge in [0.05, 0.1) is 19.3 Å². The van der Waals surface area contributed by atoms with E-state index in [0.29, 0.717) is 40.9 Å². The second kappa shape index (κ2) is 10.5. The number of aryl methyl sites for hydroxylation is 1. The number of anilines is 1. The van der Waals surface area contributed by atoms with Gasteiger partial charge in [0.15, 0.2) is 22.1 Å². The van der Waals surface area contributed by atoms with Crippen molar-refractivity contribution in [3.63, 3.8) is 0 Å². The summed E-state index contributed by atoms with van der Waals surface area (Å²) in [7, 11) is 1.69. The summed E-state index contributed by atoms with van der Waals surface area (Å²) in [6, 6.07) is 6.07. The van der Waals surface area contributed by atoms with E-state index >= 15 is 0 Å².